The number of nitrogens with zero attached hydrogens (tertiary/aromatic N) is 4. The molecular weight excluding hydrogens is 256 g/mol. The van der Waals surface area contributed by atoms with Crippen LogP contribution in [0.4, 0.5) is 5.95 Å². The first kappa shape index (κ1) is 10.4. The van der Waals surface area contributed by atoms with Crippen molar-refractivity contribution in [3.63, 3.8) is 0 Å². The third-order valence-electron chi connectivity index (χ3n) is 2.33. The molecular formula is C10H13BrN4. The molecule has 0 spiro atoms. The molecule has 0 fully saturated rings. The molecule has 0 atom stereocenters. The fourth-order valence-electron chi connectivity index (χ4n) is 1.49. The zero-order valence-electron chi connectivity index (χ0n) is 8.81. The van der Waals surface area contributed by atoms with Crippen LogP contribution in [0.2, 0.25) is 0 Å². The van der Waals surface area contributed by atoms with Crippen molar-refractivity contribution in [3.05, 3.63) is 22.8 Å². The van der Waals surface area contributed by atoms with Gasteiger partial charge in [-0.1, -0.05) is 0 Å². The first-order chi connectivity index (χ1) is 7.24. The second-order valence-electron chi connectivity index (χ2n) is 3.23. The van der Waals surface area contributed by atoms with E-state index in [1.165, 1.54) is 0 Å². The van der Waals surface area contributed by atoms with Crippen LogP contribution in [0, 0.1) is 0 Å². The van der Waals surface area contributed by atoms with E-state index in [0.717, 1.165) is 29.2 Å². The van der Waals surface area contributed by atoms with E-state index >= 15 is 0 Å². The van der Waals surface area contributed by atoms with Gasteiger partial charge in [0.25, 0.3) is 0 Å². The van der Waals surface area contributed by atoms with Crippen LogP contribution >= 0.6 is 15.9 Å². The highest BCUT2D eigenvalue weighted by Gasteiger charge is 2.08. The number of aromatic nitrogens is 3. The van der Waals surface area contributed by atoms with Gasteiger partial charge < -0.3 is 4.90 Å². The van der Waals surface area contributed by atoms with Crippen LogP contribution in [-0.4, -0.2) is 27.7 Å². The topological polar surface area (TPSA) is 33.4 Å². The zero-order chi connectivity index (χ0) is 10.8. The van der Waals surface area contributed by atoms with E-state index in [0.29, 0.717) is 0 Å². The average Bonchev–Trinajstić information content (AvgIpc) is 2.62. The van der Waals surface area contributed by atoms with Crippen molar-refractivity contribution >= 4 is 27.5 Å². The minimum atomic E-state index is 0.790. The molecule has 0 aliphatic heterocycles. The van der Waals surface area contributed by atoms with E-state index < -0.39 is 0 Å². The zero-order valence-corrected chi connectivity index (χ0v) is 10.4. The van der Waals surface area contributed by atoms with Gasteiger partial charge in [0.05, 0.1) is 0 Å². The van der Waals surface area contributed by atoms with Crippen LogP contribution in [0.3, 0.4) is 0 Å². The Labute approximate surface area is 97.0 Å². The van der Waals surface area contributed by atoms with Gasteiger partial charge in [-0.25, -0.2) is 4.52 Å². The van der Waals surface area contributed by atoms with E-state index in [9.17, 15) is 0 Å². The molecule has 2 aromatic heterocycles. The Hall–Kier alpha value is -1.10. The fourth-order valence-corrected chi connectivity index (χ4v) is 1.81. The number of rotatable bonds is 3. The number of anilines is 1. The first-order valence-electron chi connectivity index (χ1n) is 5.01. The average molecular weight is 269 g/mol. The predicted molar refractivity (Wildman–Crippen MR) is 64.2 cm³/mol. The van der Waals surface area contributed by atoms with Gasteiger partial charge in [0.15, 0.2) is 5.65 Å². The second-order valence-corrected chi connectivity index (χ2v) is 4.15. The Morgan fingerprint density at radius 2 is 2.07 bits per heavy atom. The summed E-state index contributed by atoms with van der Waals surface area (Å²) >= 11 is 3.41. The lowest BCUT2D eigenvalue weighted by molar-refractivity contribution is 0.813. The molecule has 0 aliphatic carbocycles. The SMILES string of the molecule is CCN(CC)c1nc2ccc(Br)cn2n1. The minimum absolute atomic E-state index is 0.790. The maximum atomic E-state index is 4.45. The molecule has 0 unspecified atom stereocenters. The summed E-state index contributed by atoms with van der Waals surface area (Å²) in [4.78, 5) is 6.58. The van der Waals surface area contributed by atoms with Crippen LogP contribution in [0.5, 0.6) is 0 Å². The quantitative estimate of drug-likeness (QED) is 0.857. The maximum Gasteiger partial charge on any atom is 0.245 e. The van der Waals surface area contributed by atoms with Crippen molar-refractivity contribution in [2.45, 2.75) is 13.8 Å². The highest BCUT2D eigenvalue weighted by atomic mass is 79.9. The standard InChI is InChI=1S/C10H13BrN4/c1-3-14(4-2)10-12-9-6-5-8(11)7-15(9)13-10/h5-7H,3-4H2,1-2H3. The monoisotopic (exact) mass is 268 g/mol. The van der Waals surface area contributed by atoms with E-state index in [1.807, 2.05) is 18.3 Å². The van der Waals surface area contributed by atoms with Gasteiger partial charge in [-0.3, -0.25) is 0 Å². The smallest absolute Gasteiger partial charge is 0.245 e. The predicted octanol–water partition coefficient (Wildman–Crippen LogP) is 2.34. The summed E-state index contributed by atoms with van der Waals surface area (Å²) in [7, 11) is 0. The highest BCUT2D eigenvalue weighted by Crippen LogP contribution is 2.14. The summed E-state index contributed by atoms with van der Waals surface area (Å²) < 4.78 is 2.79. The molecule has 15 heavy (non-hydrogen) atoms. The van der Waals surface area contributed by atoms with Crippen LogP contribution in [-0.2, 0) is 0 Å². The highest BCUT2D eigenvalue weighted by molar-refractivity contribution is 9.10. The van der Waals surface area contributed by atoms with Crippen molar-refractivity contribution in [2.24, 2.45) is 0 Å². The Morgan fingerprint density at radius 3 is 2.73 bits per heavy atom. The molecule has 0 radical (unpaired) electrons. The molecule has 0 bridgehead atoms. The van der Waals surface area contributed by atoms with Gasteiger partial charge in [0.1, 0.15) is 0 Å². The minimum Gasteiger partial charge on any atom is -0.340 e. The summed E-state index contributed by atoms with van der Waals surface area (Å²) in [6, 6.07) is 3.92. The number of fused-ring (bicyclic) bond motifs is 1. The molecule has 0 N–H and O–H groups in total. The molecule has 0 saturated heterocycles. The lowest BCUT2D eigenvalue weighted by Crippen LogP contribution is -2.23. The molecule has 2 heterocycles. The number of pyridine rings is 1. The molecule has 0 aliphatic rings. The third-order valence-corrected chi connectivity index (χ3v) is 2.80. The van der Waals surface area contributed by atoms with Gasteiger partial charge in [-0.05, 0) is 41.9 Å². The van der Waals surface area contributed by atoms with E-state index in [-0.39, 0.29) is 0 Å². The first-order valence-corrected chi connectivity index (χ1v) is 5.80. The van der Waals surface area contributed by atoms with Gasteiger partial charge in [-0.2, -0.15) is 4.98 Å². The number of halogens is 1. The van der Waals surface area contributed by atoms with Crippen molar-refractivity contribution in [3.8, 4) is 0 Å². The summed E-state index contributed by atoms with van der Waals surface area (Å²) in [6.45, 7) is 6.05. The summed E-state index contributed by atoms with van der Waals surface area (Å²) in [5, 5.41) is 4.42. The molecule has 0 amide bonds. The van der Waals surface area contributed by atoms with Crippen LogP contribution in [0.15, 0.2) is 22.8 Å². The lowest BCUT2D eigenvalue weighted by atomic mass is 10.5. The molecule has 0 saturated carbocycles. The Bertz CT molecular complexity index is 461. The van der Waals surface area contributed by atoms with Crippen molar-refractivity contribution in [2.75, 3.05) is 18.0 Å². The summed E-state index contributed by atoms with van der Waals surface area (Å²) in [6.07, 6.45) is 1.91. The number of hydrogen-bond acceptors (Lipinski definition) is 3. The Kier molecular flexibility index (Phi) is 2.90. The van der Waals surface area contributed by atoms with Gasteiger partial charge in [-0.15, -0.1) is 5.10 Å². The lowest BCUT2D eigenvalue weighted by Gasteiger charge is -2.14. The van der Waals surface area contributed by atoms with Crippen molar-refractivity contribution in [1.29, 1.82) is 0 Å². The van der Waals surface area contributed by atoms with Crippen LogP contribution in [0.1, 0.15) is 13.8 Å². The van der Waals surface area contributed by atoms with Crippen molar-refractivity contribution < 1.29 is 0 Å². The third kappa shape index (κ3) is 1.97. The van der Waals surface area contributed by atoms with E-state index in [4.69, 9.17) is 0 Å². The van der Waals surface area contributed by atoms with Crippen LogP contribution < -0.4 is 4.90 Å². The Morgan fingerprint density at radius 1 is 1.33 bits per heavy atom. The van der Waals surface area contributed by atoms with Gasteiger partial charge >= 0.3 is 0 Å². The summed E-state index contributed by atoms with van der Waals surface area (Å²) in [5.74, 6) is 0.790. The molecule has 0 aromatic carbocycles. The molecule has 2 rings (SSSR count). The molecule has 80 valence electrons. The molecule has 4 nitrogen and oxygen atoms in total. The Balaban J connectivity index is 2.46. The van der Waals surface area contributed by atoms with Gasteiger partial charge in [0.2, 0.25) is 5.95 Å². The fraction of sp³-hybridized carbons (Fsp3) is 0.400. The van der Waals surface area contributed by atoms with E-state index in [1.54, 1.807) is 4.52 Å². The normalized spacial score (nSPS) is 10.9. The van der Waals surface area contributed by atoms with Gasteiger partial charge in [0, 0.05) is 23.8 Å². The molecule has 5 heteroatoms. The second kappa shape index (κ2) is 4.18. The molecule has 2 aromatic rings. The van der Waals surface area contributed by atoms with Crippen LogP contribution in [0.25, 0.3) is 5.65 Å². The van der Waals surface area contributed by atoms with E-state index in [2.05, 4.69) is 44.8 Å². The number of hydrogen-bond donors (Lipinski definition) is 0. The summed E-state index contributed by atoms with van der Waals surface area (Å²) in [5.41, 5.74) is 0.875. The largest absolute Gasteiger partial charge is 0.340 e. The maximum absolute atomic E-state index is 4.45. The van der Waals surface area contributed by atoms with Crippen molar-refractivity contribution in [1.82, 2.24) is 14.6 Å².